The number of carbonyl (C=O) groups is 1. The summed E-state index contributed by atoms with van der Waals surface area (Å²) in [5, 5.41) is 5.56. The van der Waals surface area contributed by atoms with Gasteiger partial charge in [0.05, 0.1) is 4.90 Å². The quantitative estimate of drug-likeness (QED) is 0.781. The molecule has 6 nitrogen and oxygen atoms in total. The topological polar surface area (TPSA) is 78.5 Å². The van der Waals surface area contributed by atoms with Gasteiger partial charge in [-0.3, -0.25) is 0 Å². The summed E-state index contributed by atoms with van der Waals surface area (Å²) >= 11 is 0. The molecule has 2 aromatic rings. The lowest BCUT2D eigenvalue weighted by atomic mass is 10.1. The SMILES string of the molecule is CC(CCc1ccccc1)NC(=O)Nc1cccc(S(=O)(=O)N(C)C)c1. The van der Waals surface area contributed by atoms with Gasteiger partial charge in [0.15, 0.2) is 0 Å². The van der Waals surface area contributed by atoms with Crippen LogP contribution in [0.5, 0.6) is 0 Å². The molecule has 2 rings (SSSR count). The third kappa shape index (κ3) is 5.57. The number of sulfonamides is 1. The van der Waals surface area contributed by atoms with Crippen LogP contribution in [0.3, 0.4) is 0 Å². The van der Waals surface area contributed by atoms with Crippen molar-refractivity contribution in [3.63, 3.8) is 0 Å². The van der Waals surface area contributed by atoms with E-state index in [9.17, 15) is 13.2 Å². The maximum atomic E-state index is 12.2. The van der Waals surface area contributed by atoms with E-state index in [1.165, 1.54) is 31.8 Å². The first kappa shape index (κ1) is 19.9. The van der Waals surface area contributed by atoms with Crippen molar-refractivity contribution in [3.05, 3.63) is 60.2 Å². The molecule has 2 N–H and O–H groups in total. The second-order valence-corrected chi connectivity index (χ2v) is 8.49. The Bertz CT molecular complexity index is 836. The van der Waals surface area contributed by atoms with E-state index in [0.717, 1.165) is 17.1 Å². The predicted octanol–water partition coefficient (Wildman–Crippen LogP) is 3.08. The number of hydrogen-bond acceptors (Lipinski definition) is 3. The second kappa shape index (κ2) is 8.82. The summed E-state index contributed by atoms with van der Waals surface area (Å²) in [6, 6.07) is 15.9. The Balaban J connectivity index is 1.91. The Morgan fingerprint density at radius 2 is 1.77 bits per heavy atom. The van der Waals surface area contributed by atoms with E-state index in [2.05, 4.69) is 22.8 Å². The Morgan fingerprint density at radius 1 is 1.08 bits per heavy atom. The summed E-state index contributed by atoms with van der Waals surface area (Å²) in [6.07, 6.45) is 1.69. The lowest BCUT2D eigenvalue weighted by molar-refractivity contribution is 0.248. The number of nitrogens with zero attached hydrogens (tertiary/aromatic N) is 1. The van der Waals surface area contributed by atoms with Crippen molar-refractivity contribution < 1.29 is 13.2 Å². The van der Waals surface area contributed by atoms with Crippen LogP contribution in [0.4, 0.5) is 10.5 Å². The molecule has 0 heterocycles. The lowest BCUT2D eigenvalue weighted by Crippen LogP contribution is -2.36. The van der Waals surface area contributed by atoms with Crippen LogP contribution in [0.15, 0.2) is 59.5 Å². The summed E-state index contributed by atoms with van der Waals surface area (Å²) in [4.78, 5) is 12.3. The minimum Gasteiger partial charge on any atom is -0.335 e. The standard InChI is InChI=1S/C19H25N3O3S/c1-15(12-13-16-8-5-4-6-9-16)20-19(23)21-17-10-7-11-18(14-17)26(24,25)22(2)3/h4-11,14-15H,12-13H2,1-3H3,(H2,20,21,23). The molecular weight excluding hydrogens is 350 g/mol. The van der Waals surface area contributed by atoms with E-state index in [4.69, 9.17) is 0 Å². The number of aryl methyl sites for hydroxylation is 1. The van der Waals surface area contributed by atoms with Crippen molar-refractivity contribution >= 4 is 21.7 Å². The highest BCUT2D eigenvalue weighted by Crippen LogP contribution is 2.18. The first-order valence-electron chi connectivity index (χ1n) is 8.43. The van der Waals surface area contributed by atoms with Gasteiger partial charge < -0.3 is 10.6 Å². The van der Waals surface area contributed by atoms with E-state index >= 15 is 0 Å². The normalized spacial score (nSPS) is 12.6. The minimum absolute atomic E-state index is 0.0103. The molecule has 2 amide bonds. The summed E-state index contributed by atoms with van der Waals surface area (Å²) in [7, 11) is -0.598. The molecule has 26 heavy (non-hydrogen) atoms. The Hall–Kier alpha value is -2.38. The number of hydrogen-bond donors (Lipinski definition) is 2. The van der Waals surface area contributed by atoms with Gasteiger partial charge in [0.25, 0.3) is 0 Å². The number of benzene rings is 2. The number of carbonyl (C=O) groups excluding carboxylic acids is 1. The van der Waals surface area contributed by atoms with Crippen LogP contribution in [0.2, 0.25) is 0 Å². The van der Waals surface area contributed by atoms with E-state index in [1.807, 2.05) is 25.1 Å². The fourth-order valence-corrected chi connectivity index (χ4v) is 3.38. The molecule has 7 heteroatoms. The zero-order valence-corrected chi connectivity index (χ0v) is 16.1. The van der Waals surface area contributed by atoms with Gasteiger partial charge in [-0.25, -0.2) is 17.5 Å². The third-order valence-corrected chi connectivity index (χ3v) is 5.77. The molecule has 0 aliphatic rings. The van der Waals surface area contributed by atoms with Gasteiger partial charge in [0, 0.05) is 25.8 Å². The monoisotopic (exact) mass is 375 g/mol. The van der Waals surface area contributed by atoms with Gasteiger partial charge in [-0.15, -0.1) is 0 Å². The first-order valence-corrected chi connectivity index (χ1v) is 9.87. The molecule has 1 atom stereocenters. The minimum atomic E-state index is -3.54. The zero-order valence-electron chi connectivity index (χ0n) is 15.3. The van der Waals surface area contributed by atoms with Crippen molar-refractivity contribution in [3.8, 4) is 0 Å². The summed E-state index contributed by atoms with van der Waals surface area (Å²) in [6.45, 7) is 1.94. The predicted molar refractivity (Wildman–Crippen MR) is 104 cm³/mol. The molecule has 1 unspecified atom stereocenters. The molecule has 0 aromatic heterocycles. The largest absolute Gasteiger partial charge is 0.335 e. The third-order valence-electron chi connectivity index (χ3n) is 3.96. The smallest absolute Gasteiger partial charge is 0.319 e. The van der Waals surface area contributed by atoms with Gasteiger partial charge in [-0.05, 0) is 43.5 Å². The summed E-state index contributed by atoms with van der Waals surface area (Å²) in [5.41, 5.74) is 1.66. The lowest BCUT2D eigenvalue weighted by Gasteiger charge is -2.16. The molecule has 0 saturated carbocycles. The number of urea groups is 1. The molecule has 0 saturated heterocycles. The molecule has 2 aromatic carbocycles. The van der Waals surface area contributed by atoms with Crippen LogP contribution < -0.4 is 10.6 Å². The van der Waals surface area contributed by atoms with E-state index in [1.54, 1.807) is 12.1 Å². The maximum Gasteiger partial charge on any atom is 0.319 e. The molecule has 0 spiro atoms. The van der Waals surface area contributed by atoms with Crippen LogP contribution in [0.25, 0.3) is 0 Å². The van der Waals surface area contributed by atoms with Crippen LogP contribution >= 0.6 is 0 Å². The number of rotatable bonds is 7. The van der Waals surface area contributed by atoms with Gasteiger partial charge >= 0.3 is 6.03 Å². The molecule has 140 valence electrons. The Morgan fingerprint density at radius 3 is 2.42 bits per heavy atom. The maximum absolute atomic E-state index is 12.2. The van der Waals surface area contributed by atoms with Gasteiger partial charge in [0.2, 0.25) is 10.0 Å². The first-order chi connectivity index (χ1) is 12.3. The molecular formula is C19H25N3O3S. The highest BCUT2D eigenvalue weighted by molar-refractivity contribution is 7.89. The van der Waals surface area contributed by atoms with E-state index in [-0.39, 0.29) is 17.0 Å². The van der Waals surface area contributed by atoms with Crippen molar-refractivity contribution in [2.24, 2.45) is 0 Å². The van der Waals surface area contributed by atoms with Gasteiger partial charge in [-0.1, -0.05) is 36.4 Å². The average Bonchev–Trinajstić information content (AvgIpc) is 2.61. The molecule has 0 aliphatic carbocycles. The van der Waals surface area contributed by atoms with Crippen molar-refractivity contribution in [1.29, 1.82) is 0 Å². The summed E-state index contributed by atoms with van der Waals surface area (Å²) < 4.78 is 25.5. The van der Waals surface area contributed by atoms with E-state index < -0.39 is 10.0 Å². The van der Waals surface area contributed by atoms with Crippen molar-refractivity contribution in [2.45, 2.75) is 30.7 Å². The summed E-state index contributed by atoms with van der Waals surface area (Å²) in [5.74, 6) is 0. The highest BCUT2D eigenvalue weighted by atomic mass is 32.2. The van der Waals surface area contributed by atoms with Crippen molar-refractivity contribution in [1.82, 2.24) is 9.62 Å². The number of amides is 2. The van der Waals surface area contributed by atoms with Crippen molar-refractivity contribution in [2.75, 3.05) is 19.4 Å². The molecule has 0 radical (unpaired) electrons. The average molecular weight is 375 g/mol. The Labute approximate surface area is 155 Å². The zero-order chi connectivity index (χ0) is 19.2. The molecule has 0 aliphatic heterocycles. The molecule has 0 fully saturated rings. The number of anilines is 1. The number of nitrogens with one attached hydrogen (secondary N) is 2. The van der Waals surface area contributed by atoms with Crippen LogP contribution in [0.1, 0.15) is 18.9 Å². The fraction of sp³-hybridized carbons (Fsp3) is 0.316. The van der Waals surface area contributed by atoms with Gasteiger partial charge in [0.1, 0.15) is 0 Å². The van der Waals surface area contributed by atoms with E-state index in [0.29, 0.717) is 5.69 Å². The highest BCUT2D eigenvalue weighted by Gasteiger charge is 2.17. The fourth-order valence-electron chi connectivity index (χ4n) is 2.44. The molecule has 0 bridgehead atoms. The second-order valence-electron chi connectivity index (χ2n) is 6.34. The van der Waals surface area contributed by atoms with Crippen LogP contribution in [-0.4, -0.2) is 38.9 Å². The Kier molecular flexibility index (Phi) is 6.76. The van der Waals surface area contributed by atoms with Crippen LogP contribution in [-0.2, 0) is 16.4 Å². The van der Waals surface area contributed by atoms with Gasteiger partial charge in [-0.2, -0.15) is 0 Å². The van der Waals surface area contributed by atoms with Crippen LogP contribution in [0, 0.1) is 0 Å².